The summed E-state index contributed by atoms with van der Waals surface area (Å²) in [7, 11) is 0. The van der Waals surface area contributed by atoms with Crippen LogP contribution in [-0.2, 0) is 16.1 Å². The summed E-state index contributed by atoms with van der Waals surface area (Å²) < 4.78 is 19.8. The van der Waals surface area contributed by atoms with Crippen LogP contribution in [0.5, 0.6) is 0 Å². The smallest absolute Gasteiger partial charge is 0.241 e. The molecule has 2 aliphatic heterocycles. The minimum Gasteiger partial charge on any atom is -0.378 e. The molecule has 29 heavy (non-hydrogen) atoms. The van der Waals surface area contributed by atoms with Crippen LogP contribution in [0.15, 0.2) is 23.2 Å². The number of carbonyl (C=O) groups excluding carboxylic acids is 1. The fourth-order valence-electron chi connectivity index (χ4n) is 3.46. The normalized spacial score (nSPS) is 17.1. The first-order chi connectivity index (χ1) is 13.7. The molecule has 0 bridgehead atoms. The lowest BCUT2D eigenvalue weighted by atomic mass is 10.1. The summed E-state index contributed by atoms with van der Waals surface area (Å²) in [6, 6.07) is 5.24. The average molecular weight is 519 g/mol. The number of morpholine rings is 1. The molecular weight excluding hydrogens is 488 g/mol. The van der Waals surface area contributed by atoms with Gasteiger partial charge in [0, 0.05) is 32.7 Å². The van der Waals surface area contributed by atoms with E-state index in [4.69, 9.17) is 4.74 Å². The summed E-state index contributed by atoms with van der Waals surface area (Å²) in [4.78, 5) is 20.5. The second-order valence-corrected chi connectivity index (χ2v) is 7.02. The van der Waals surface area contributed by atoms with Gasteiger partial charge in [0.05, 0.1) is 32.0 Å². The standard InChI is InChI=1S/C20H30FN5O2.HI/c1-2-22-20(24-15-19(27)26-7-3-4-8-26)23-14-16-5-6-18(17(21)13-16)25-9-11-28-12-10-25;/h5-6,13H,2-4,7-12,14-15H2,1H3,(H2,22,23,24);1H. The number of benzene rings is 1. The van der Waals surface area contributed by atoms with Gasteiger partial charge in [-0.2, -0.15) is 0 Å². The van der Waals surface area contributed by atoms with Gasteiger partial charge in [0.25, 0.3) is 0 Å². The average Bonchev–Trinajstić information content (AvgIpc) is 3.25. The molecule has 0 atom stereocenters. The van der Waals surface area contributed by atoms with Crippen LogP contribution in [0.2, 0.25) is 0 Å². The molecule has 0 aliphatic carbocycles. The minimum absolute atomic E-state index is 0. The third-order valence-corrected chi connectivity index (χ3v) is 4.99. The predicted octanol–water partition coefficient (Wildman–Crippen LogP) is 1.96. The quantitative estimate of drug-likeness (QED) is 0.342. The molecule has 0 aromatic heterocycles. The summed E-state index contributed by atoms with van der Waals surface area (Å²) >= 11 is 0. The van der Waals surface area contributed by atoms with Crippen LogP contribution in [0, 0.1) is 5.82 Å². The number of aliphatic imine (C=N–C) groups is 1. The zero-order chi connectivity index (χ0) is 19.8. The molecule has 2 fully saturated rings. The number of halogens is 2. The van der Waals surface area contributed by atoms with E-state index in [9.17, 15) is 9.18 Å². The topological polar surface area (TPSA) is 69.2 Å². The summed E-state index contributed by atoms with van der Waals surface area (Å²) in [5, 5.41) is 6.21. The molecule has 2 N–H and O–H groups in total. The van der Waals surface area contributed by atoms with E-state index in [1.54, 1.807) is 0 Å². The molecule has 2 saturated heterocycles. The Morgan fingerprint density at radius 2 is 1.90 bits per heavy atom. The Morgan fingerprint density at radius 1 is 1.17 bits per heavy atom. The van der Waals surface area contributed by atoms with Crippen molar-refractivity contribution < 1.29 is 13.9 Å². The Hall–Kier alpha value is -1.62. The van der Waals surface area contributed by atoms with Crippen LogP contribution >= 0.6 is 24.0 Å². The number of nitrogens with zero attached hydrogens (tertiary/aromatic N) is 3. The first-order valence-corrected chi connectivity index (χ1v) is 10.1. The number of carbonyl (C=O) groups is 1. The number of hydrogen-bond acceptors (Lipinski definition) is 4. The highest BCUT2D eigenvalue weighted by Crippen LogP contribution is 2.22. The first kappa shape index (κ1) is 23.7. The monoisotopic (exact) mass is 519 g/mol. The van der Waals surface area contributed by atoms with Crippen molar-refractivity contribution in [1.29, 1.82) is 0 Å². The Kier molecular flexibility index (Phi) is 9.92. The maximum atomic E-state index is 14.5. The number of hydrogen-bond donors (Lipinski definition) is 2. The maximum Gasteiger partial charge on any atom is 0.241 e. The molecule has 1 aromatic carbocycles. The third kappa shape index (κ3) is 6.98. The van der Waals surface area contributed by atoms with Crippen LogP contribution in [-0.4, -0.2) is 69.2 Å². The lowest BCUT2D eigenvalue weighted by Gasteiger charge is -2.29. The van der Waals surface area contributed by atoms with Crippen molar-refractivity contribution in [2.75, 3.05) is 57.4 Å². The third-order valence-electron chi connectivity index (χ3n) is 4.99. The molecule has 0 saturated carbocycles. The van der Waals surface area contributed by atoms with Crippen molar-refractivity contribution >= 4 is 41.5 Å². The van der Waals surface area contributed by atoms with Gasteiger partial charge >= 0.3 is 0 Å². The van der Waals surface area contributed by atoms with Gasteiger partial charge in [0.2, 0.25) is 5.91 Å². The van der Waals surface area contributed by atoms with Crippen LogP contribution in [0.1, 0.15) is 25.3 Å². The van der Waals surface area contributed by atoms with Crippen LogP contribution in [0.4, 0.5) is 10.1 Å². The van der Waals surface area contributed by atoms with Gasteiger partial charge in [-0.1, -0.05) is 6.07 Å². The van der Waals surface area contributed by atoms with Gasteiger partial charge in [0.15, 0.2) is 5.96 Å². The zero-order valence-corrected chi connectivity index (χ0v) is 19.3. The van der Waals surface area contributed by atoms with E-state index in [1.165, 1.54) is 6.07 Å². The van der Waals surface area contributed by atoms with Crippen molar-refractivity contribution in [1.82, 2.24) is 15.5 Å². The van der Waals surface area contributed by atoms with Crippen LogP contribution in [0.25, 0.3) is 0 Å². The zero-order valence-electron chi connectivity index (χ0n) is 17.0. The largest absolute Gasteiger partial charge is 0.378 e. The van der Waals surface area contributed by atoms with E-state index in [0.717, 1.165) is 31.5 Å². The Balaban J connectivity index is 0.00000300. The van der Waals surface area contributed by atoms with Crippen LogP contribution < -0.4 is 15.5 Å². The molecule has 1 amide bonds. The number of likely N-dealkylation sites (tertiary alicyclic amines) is 1. The van der Waals surface area contributed by atoms with E-state index in [0.29, 0.717) is 51.0 Å². The fraction of sp³-hybridized carbons (Fsp3) is 0.600. The Morgan fingerprint density at radius 3 is 2.55 bits per heavy atom. The molecule has 0 unspecified atom stereocenters. The van der Waals surface area contributed by atoms with E-state index in [-0.39, 0.29) is 42.2 Å². The number of anilines is 1. The molecule has 162 valence electrons. The highest BCUT2D eigenvalue weighted by atomic mass is 127. The second-order valence-electron chi connectivity index (χ2n) is 7.02. The number of rotatable bonds is 6. The van der Waals surface area contributed by atoms with Crippen molar-refractivity contribution in [3.8, 4) is 0 Å². The first-order valence-electron chi connectivity index (χ1n) is 10.1. The number of ether oxygens (including phenoxy) is 1. The van der Waals surface area contributed by atoms with Gasteiger partial charge in [-0.3, -0.25) is 4.79 Å². The number of nitrogens with one attached hydrogen (secondary N) is 2. The lowest BCUT2D eigenvalue weighted by molar-refractivity contribution is -0.128. The molecule has 9 heteroatoms. The highest BCUT2D eigenvalue weighted by molar-refractivity contribution is 14.0. The maximum absolute atomic E-state index is 14.5. The SMILES string of the molecule is CCNC(=NCc1ccc(N2CCOCC2)c(F)c1)NCC(=O)N1CCCC1.I. The van der Waals surface area contributed by atoms with Crippen molar-refractivity contribution in [3.63, 3.8) is 0 Å². The van der Waals surface area contributed by atoms with Crippen molar-refractivity contribution in [2.45, 2.75) is 26.3 Å². The Labute approximate surface area is 189 Å². The van der Waals surface area contributed by atoms with Crippen molar-refractivity contribution in [2.24, 2.45) is 4.99 Å². The molecule has 0 spiro atoms. The fourth-order valence-corrected chi connectivity index (χ4v) is 3.46. The van der Waals surface area contributed by atoms with E-state index in [1.807, 2.05) is 28.9 Å². The lowest BCUT2D eigenvalue weighted by Crippen LogP contribution is -2.44. The molecule has 2 heterocycles. The molecule has 3 rings (SSSR count). The molecule has 7 nitrogen and oxygen atoms in total. The van der Waals surface area contributed by atoms with Gasteiger partial charge in [-0.05, 0) is 37.5 Å². The molecular formula is C20H31FIN5O2. The van der Waals surface area contributed by atoms with E-state index in [2.05, 4.69) is 15.6 Å². The molecule has 0 radical (unpaired) electrons. The second kappa shape index (κ2) is 12.2. The van der Waals surface area contributed by atoms with Gasteiger partial charge in [-0.25, -0.2) is 9.38 Å². The molecule has 1 aromatic rings. The van der Waals surface area contributed by atoms with E-state index < -0.39 is 0 Å². The number of amides is 1. The van der Waals surface area contributed by atoms with Crippen molar-refractivity contribution in [3.05, 3.63) is 29.6 Å². The summed E-state index contributed by atoms with van der Waals surface area (Å²) in [5.74, 6) is 0.411. The Bertz CT molecular complexity index is 691. The van der Waals surface area contributed by atoms with Gasteiger partial charge < -0.3 is 25.2 Å². The number of guanidine groups is 1. The predicted molar refractivity (Wildman–Crippen MR) is 123 cm³/mol. The van der Waals surface area contributed by atoms with E-state index >= 15 is 0 Å². The van der Waals surface area contributed by atoms with Gasteiger partial charge in [-0.15, -0.1) is 24.0 Å². The van der Waals surface area contributed by atoms with Crippen LogP contribution in [0.3, 0.4) is 0 Å². The highest BCUT2D eigenvalue weighted by Gasteiger charge is 2.18. The van der Waals surface area contributed by atoms with Gasteiger partial charge in [0.1, 0.15) is 5.82 Å². The minimum atomic E-state index is -0.239. The summed E-state index contributed by atoms with van der Waals surface area (Å²) in [6.45, 7) is 7.54. The summed E-state index contributed by atoms with van der Waals surface area (Å²) in [5.41, 5.74) is 1.40. The summed E-state index contributed by atoms with van der Waals surface area (Å²) in [6.07, 6.45) is 2.15. The molecule has 2 aliphatic rings.